The van der Waals surface area contributed by atoms with Crippen LogP contribution in [0.2, 0.25) is 13.1 Å². The molecular weight excluding hydrogens is 324 g/mol. The molecule has 2 aromatic rings. The number of sulfone groups is 1. The van der Waals surface area contributed by atoms with E-state index in [9.17, 15) is 13.2 Å². The highest BCUT2D eigenvalue weighted by atomic mass is 32.2. The van der Waals surface area contributed by atoms with Crippen LogP contribution in [0.1, 0.15) is 13.3 Å². The van der Waals surface area contributed by atoms with Crippen LogP contribution < -0.4 is 5.19 Å². The Morgan fingerprint density at radius 2 is 1.43 bits per heavy atom. The Hall–Kier alpha value is -1.72. The molecule has 2 rings (SSSR count). The van der Waals surface area contributed by atoms with Gasteiger partial charge in [-0.05, 0) is 19.1 Å². The molecule has 23 heavy (non-hydrogen) atoms. The fraction of sp³-hybridized carbons (Fsp3) is 0.278. The van der Waals surface area contributed by atoms with Crippen molar-refractivity contribution in [3.8, 4) is 0 Å². The molecule has 0 bridgehead atoms. The Bertz CT molecular complexity index is 768. The van der Waals surface area contributed by atoms with Crippen LogP contribution >= 0.6 is 0 Å². The van der Waals surface area contributed by atoms with Crippen LogP contribution in [0, 0.1) is 0 Å². The topological polar surface area (TPSA) is 51.2 Å². The summed E-state index contributed by atoms with van der Waals surface area (Å²) in [5.74, 6) is -0.0917. The van der Waals surface area contributed by atoms with Gasteiger partial charge in [0.05, 0.1) is 9.77 Å². The van der Waals surface area contributed by atoms with Gasteiger partial charge < -0.3 is 0 Å². The first-order valence-electron chi connectivity index (χ1n) is 7.60. The second-order valence-corrected chi connectivity index (χ2v) is 13.6. The third kappa shape index (κ3) is 3.79. The number of carbonyl (C=O) groups is 1. The van der Waals surface area contributed by atoms with Crippen LogP contribution in [0.25, 0.3) is 0 Å². The fourth-order valence-electron chi connectivity index (χ4n) is 2.84. The number of hydrogen-bond acceptors (Lipinski definition) is 3. The first-order valence-corrected chi connectivity index (χ1v) is 12.2. The van der Waals surface area contributed by atoms with Crippen molar-refractivity contribution < 1.29 is 13.2 Å². The summed E-state index contributed by atoms with van der Waals surface area (Å²) >= 11 is 0. The third-order valence-corrected chi connectivity index (χ3v) is 12.4. The van der Waals surface area contributed by atoms with Gasteiger partial charge in [0, 0.05) is 6.42 Å². The van der Waals surface area contributed by atoms with Crippen molar-refractivity contribution in [1.82, 2.24) is 0 Å². The minimum atomic E-state index is -3.56. The first kappa shape index (κ1) is 17.6. The number of benzene rings is 2. The summed E-state index contributed by atoms with van der Waals surface area (Å²) < 4.78 is 26.3. The third-order valence-electron chi connectivity index (χ3n) is 4.24. The molecule has 1 atom stereocenters. The lowest BCUT2D eigenvalue weighted by atomic mass is 10.3. The Morgan fingerprint density at radius 3 is 1.91 bits per heavy atom. The molecule has 122 valence electrons. The monoisotopic (exact) mass is 346 g/mol. The summed E-state index contributed by atoms with van der Waals surface area (Å²) in [5, 5.41) is 1.05. The number of hydrogen-bond donors (Lipinski definition) is 0. The maximum Gasteiger partial charge on any atom is 0.179 e. The van der Waals surface area contributed by atoms with Gasteiger partial charge in [0.1, 0.15) is 13.9 Å². The van der Waals surface area contributed by atoms with Crippen molar-refractivity contribution in [2.75, 3.05) is 0 Å². The first-order chi connectivity index (χ1) is 10.8. The minimum Gasteiger partial charge on any atom is -0.300 e. The lowest BCUT2D eigenvalue weighted by Gasteiger charge is -2.32. The zero-order chi connectivity index (χ0) is 17.1. The van der Waals surface area contributed by atoms with Crippen LogP contribution in [0.3, 0.4) is 0 Å². The minimum absolute atomic E-state index is 0.0609. The van der Waals surface area contributed by atoms with E-state index in [2.05, 4.69) is 0 Å². The summed E-state index contributed by atoms with van der Waals surface area (Å²) in [5.41, 5.74) is 0. The van der Waals surface area contributed by atoms with Crippen LogP contribution in [0.5, 0.6) is 0 Å². The average molecular weight is 347 g/mol. The van der Waals surface area contributed by atoms with E-state index in [1.54, 1.807) is 30.3 Å². The standard InChI is InChI=1S/C18H22O3SSi/c1-15(19)14-18(22(20,21)16-10-6-4-7-11-16)23(2,3)17-12-8-5-9-13-17/h4-13,18H,14H2,1-3H3. The highest BCUT2D eigenvalue weighted by Crippen LogP contribution is 2.26. The maximum atomic E-state index is 13.2. The van der Waals surface area contributed by atoms with Crippen LogP contribution in [-0.2, 0) is 14.6 Å². The lowest BCUT2D eigenvalue weighted by Crippen LogP contribution is -2.56. The van der Waals surface area contributed by atoms with E-state index < -0.39 is 22.8 Å². The largest absolute Gasteiger partial charge is 0.300 e. The van der Waals surface area contributed by atoms with Gasteiger partial charge in [-0.3, -0.25) is 4.79 Å². The van der Waals surface area contributed by atoms with Gasteiger partial charge in [-0.15, -0.1) is 0 Å². The molecular formula is C18H22O3SSi. The normalized spacial score (nSPS) is 13.5. The molecule has 3 nitrogen and oxygen atoms in total. The van der Waals surface area contributed by atoms with E-state index in [0.717, 1.165) is 5.19 Å². The van der Waals surface area contributed by atoms with Crippen LogP contribution in [-0.4, -0.2) is 27.1 Å². The molecule has 0 aliphatic heterocycles. The smallest absolute Gasteiger partial charge is 0.179 e. The summed E-state index contributed by atoms with van der Waals surface area (Å²) in [6, 6.07) is 18.1. The van der Waals surface area contributed by atoms with E-state index in [0.29, 0.717) is 4.90 Å². The zero-order valence-electron chi connectivity index (χ0n) is 13.7. The Kier molecular flexibility index (Phi) is 5.22. The fourth-order valence-corrected chi connectivity index (χ4v) is 10.3. The highest BCUT2D eigenvalue weighted by molar-refractivity contribution is 7.94. The maximum absolute atomic E-state index is 13.2. The summed E-state index contributed by atoms with van der Waals surface area (Å²) in [7, 11) is -5.96. The van der Waals surface area contributed by atoms with Crippen LogP contribution in [0.15, 0.2) is 65.6 Å². The van der Waals surface area contributed by atoms with Crippen molar-refractivity contribution >= 4 is 28.9 Å². The molecule has 0 aliphatic carbocycles. The Morgan fingerprint density at radius 1 is 0.957 bits per heavy atom. The van der Waals surface area contributed by atoms with E-state index in [4.69, 9.17) is 0 Å². The molecule has 0 saturated heterocycles. The summed E-state index contributed by atoms with van der Waals surface area (Å²) in [6.45, 7) is 5.51. The van der Waals surface area contributed by atoms with E-state index >= 15 is 0 Å². The predicted molar refractivity (Wildman–Crippen MR) is 96.3 cm³/mol. The molecule has 0 spiro atoms. The number of rotatable bonds is 6. The van der Waals surface area contributed by atoms with E-state index in [-0.39, 0.29) is 12.2 Å². The van der Waals surface area contributed by atoms with Gasteiger partial charge in [-0.2, -0.15) is 0 Å². The van der Waals surface area contributed by atoms with Gasteiger partial charge in [-0.1, -0.05) is 66.8 Å². The summed E-state index contributed by atoms with van der Waals surface area (Å²) in [4.78, 5) is 11.4. The molecule has 0 fully saturated rings. The molecule has 5 heteroatoms. The van der Waals surface area contributed by atoms with Crippen molar-refractivity contribution in [1.29, 1.82) is 0 Å². The van der Waals surface area contributed by atoms with Crippen molar-refractivity contribution in [2.24, 2.45) is 0 Å². The SMILES string of the molecule is CC(=O)CC([Si](C)(C)c1ccccc1)S(=O)(=O)c1ccccc1. The van der Waals surface area contributed by atoms with Gasteiger partial charge in [0.25, 0.3) is 0 Å². The molecule has 0 amide bonds. The molecule has 1 unspecified atom stereocenters. The molecule has 0 saturated carbocycles. The summed E-state index contributed by atoms with van der Waals surface area (Å²) in [6.07, 6.45) is 0.0609. The Labute approximate surface area is 139 Å². The van der Waals surface area contributed by atoms with Crippen molar-refractivity contribution in [2.45, 2.75) is 36.2 Å². The zero-order valence-corrected chi connectivity index (χ0v) is 15.5. The number of Topliss-reactive ketones (excluding diaryl/α,β-unsaturated/α-hetero) is 1. The second kappa shape index (κ2) is 6.80. The quantitative estimate of drug-likeness (QED) is 0.756. The van der Waals surface area contributed by atoms with E-state index in [1.807, 2.05) is 43.4 Å². The van der Waals surface area contributed by atoms with Crippen molar-refractivity contribution in [3.05, 3.63) is 60.7 Å². The lowest BCUT2D eigenvalue weighted by molar-refractivity contribution is -0.116. The highest BCUT2D eigenvalue weighted by Gasteiger charge is 2.43. The molecule has 0 radical (unpaired) electrons. The van der Waals surface area contributed by atoms with Crippen molar-refractivity contribution in [3.63, 3.8) is 0 Å². The van der Waals surface area contributed by atoms with Gasteiger partial charge in [0.15, 0.2) is 9.84 Å². The van der Waals surface area contributed by atoms with Gasteiger partial charge >= 0.3 is 0 Å². The molecule has 2 aromatic carbocycles. The number of ketones is 1. The average Bonchev–Trinajstić information content (AvgIpc) is 2.54. The number of carbonyl (C=O) groups excluding carboxylic acids is 1. The van der Waals surface area contributed by atoms with Gasteiger partial charge in [0.2, 0.25) is 0 Å². The molecule has 0 aliphatic rings. The van der Waals surface area contributed by atoms with Gasteiger partial charge in [-0.25, -0.2) is 8.42 Å². The molecule has 0 N–H and O–H groups in total. The predicted octanol–water partition coefficient (Wildman–Crippen LogP) is 2.96. The molecule has 0 aromatic heterocycles. The molecule has 0 heterocycles. The van der Waals surface area contributed by atoms with E-state index in [1.165, 1.54) is 6.92 Å². The Balaban J connectivity index is 2.56. The second-order valence-electron chi connectivity index (χ2n) is 6.34. The van der Waals surface area contributed by atoms with Crippen LogP contribution in [0.4, 0.5) is 0 Å².